The smallest absolute Gasteiger partial charge is 0.303 e. The van der Waals surface area contributed by atoms with Crippen molar-refractivity contribution < 1.29 is 48.8 Å². The van der Waals surface area contributed by atoms with E-state index in [1.807, 2.05) is 25.2 Å². The van der Waals surface area contributed by atoms with Gasteiger partial charge in [-0.15, -0.1) is 0 Å². The maximum absolute atomic E-state index is 13.0. The van der Waals surface area contributed by atoms with Gasteiger partial charge in [-0.05, 0) is 51.9 Å². The number of Topliss-reactive ketones (excluding diaryl/α,β-unsaturated/α-hetero) is 2. The van der Waals surface area contributed by atoms with Crippen molar-refractivity contribution in [2.45, 2.75) is 103 Å². The molecule has 256 valence electrons. The maximum Gasteiger partial charge on any atom is 0.303 e. The van der Waals surface area contributed by atoms with Gasteiger partial charge >= 0.3 is 5.97 Å². The summed E-state index contributed by atoms with van der Waals surface area (Å²) in [6, 6.07) is 0. The lowest BCUT2D eigenvalue weighted by atomic mass is 9.84. The minimum Gasteiger partial charge on any atom is -0.481 e. The van der Waals surface area contributed by atoms with Gasteiger partial charge < -0.3 is 24.8 Å². The second kappa shape index (κ2) is 28.6. The van der Waals surface area contributed by atoms with Gasteiger partial charge in [-0.2, -0.15) is 0 Å². The van der Waals surface area contributed by atoms with Crippen LogP contribution < -0.4 is 0 Å². The van der Waals surface area contributed by atoms with Crippen molar-refractivity contribution in [2.75, 3.05) is 6.61 Å². The molecule has 0 aliphatic carbocycles. The van der Waals surface area contributed by atoms with E-state index in [0.29, 0.717) is 38.6 Å². The highest BCUT2D eigenvalue weighted by Gasteiger charge is 2.25. The number of carbonyl (C=O) groups excluding carboxylic acids is 4. The molecule has 0 saturated carbocycles. The number of allylic oxidation sites excluding steroid dienone is 8. The molecule has 0 bridgehead atoms. The van der Waals surface area contributed by atoms with E-state index in [-0.39, 0.29) is 62.7 Å². The van der Waals surface area contributed by atoms with Gasteiger partial charge in [-0.1, -0.05) is 79.8 Å². The van der Waals surface area contributed by atoms with E-state index < -0.39 is 30.2 Å². The molecule has 0 heterocycles. The minimum absolute atomic E-state index is 0.00994. The van der Waals surface area contributed by atoms with Gasteiger partial charge in [0.1, 0.15) is 11.6 Å². The number of carbonyl (C=O) groups is 5. The number of hydrogen-bond acceptors (Lipinski definition) is 9. The first-order valence-corrected chi connectivity index (χ1v) is 15.9. The summed E-state index contributed by atoms with van der Waals surface area (Å²) in [5, 5.41) is 29.7. The summed E-state index contributed by atoms with van der Waals surface area (Å²) in [6.07, 6.45) is 23.0. The summed E-state index contributed by atoms with van der Waals surface area (Å²) in [5.74, 6) is -2.29. The fourth-order valence-corrected chi connectivity index (χ4v) is 4.38. The lowest BCUT2D eigenvalue weighted by Gasteiger charge is -2.22. The molecule has 0 spiro atoms. The number of aliphatic hydroxyl groups excluding tert-OH is 2. The van der Waals surface area contributed by atoms with E-state index in [4.69, 9.17) is 9.84 Å². The van der Waals surface area contributed by atoms with Crippen molar-refractivity contribution in [3.8, 4) is 0 Å². The SMILES string of the molecule is CC/C=C\CC(O)/C=C/C=C\C=C\C=C\C(CCC(CC(=O)CCC(C)OC=O)C(=O)CCOC=O)C(O)C/C=C\CCC(=O)O. The van der Waals surface area contributed by atoms with E-state index in [2.05, 4.69) is 4.74 Å². The number of hydrogen-bond donors (Lipinski definition) is 3. The summed E-state index contributed by atoms with van der Waals surface area (Å²) < 4.78 is 9.51. The monoisotopic (exact) mass is 644 g/mol. The van der Waals surface area contributed by atoms with Crippen LogP contribution in [-0.2, 0) is 33.4 Å². The Morgan fingerprint density at radius 2 is 1.43 bits per heavy atom. The summed E-state index contributed by atoms with van der Waals surface area (Å²) in [7, 11) is 0. The van der Waals surface area contributed by atoms with Crippen LogP contribution in [0.15, 0.2) is 72.9 Å². The van der Waals surface area contributed by atoms with E-state index in [9.17, 15) is 34.2 Å². The van der Waals surface area contributed by atoms with Crippen LogP contribution in [-0.4, -0.2) is 70.7 Å². The third-order valence-corrected chi connectivity index (χ3v) is 7.02. The second-order valence-corrected chi connectivity index (χ2v) is 10.9. The van der Waals surface area contributed by atoms with E-state index in [1.54, 1.807) is 61.6 Å². The fourth-order valence-electron chi connectivity index (χ4n) is 4.38. The molecule has 10 nitrogen and oxygen atoms in total. The van der Waals surface area contributed by atoms with Gasteiger partial charge in [0.2, 0.25) is 0 Å². The molecule has 0 aliphatic rings. The number of carboxylic acid groups (broad SMARTS) is 1. The number of ketones is 2. The zero-order chi connectivity index (χ0) is 34.4. The summed E-state index contributed by atoms with van der Waals surface area (Å²) in [6.45, 7) is 4.21. The zero-order valence-electron chi connectivity index (χ0n) is 27.2. The van der Waals surface area contributed by atoms with E-state index in [0.717, 1.165) is 6.42 Å². The molecule has 5 unspecified atom stereocenters. The van der Waals surface area contributed by atoms with Gasteiger partial charge in [0, 0.05) is 37.5 Å². The summed E-state index contributed by atoms with van der Waals surface area (Å²) in [5.41, 5.74) is 0. The largest absolute Gasteiger partial charge is 0.481 e. The minimum atomic E-state index is -0.905. The number of rotatable bonds is 29. The lowest BCUT2D eigenvalue weighted by molar-refractivity contribution is -0.137. The molecule has 0 aliphatic heterocycles. The normalized spacial score (nSPS) is 15.6. The van der Waals surface area contributed by atoms with Crippen LogP contribution in [0, 0.1) is 11.8 Å². The van der Waals surface area contributed by atoms with Crippen LogP contribution in [0.5, 0.6) is 0 Å². The maximum atomic E-state index is 13.0. The Bertz CT molecular complexity index is 1050. The molecule has 0 radical (unpaired) electrons. The van der Waals surface area contributed by atoms with E-state index >= 15 is 0 Å². The Morgan fingerprint density at radius 1 is 0.761 bits per heavy atom. The molecule has 0 aromatic rings. The Balaban J connectivity index is 5.54. The Kier molecular flexibility index (Phi) is 26.2. The number of aliphatic carboxylic acids is 1. The van der Waals surface area contributed by atoms with Crippen molar-refractivity contribution in [2.24, 2.45) is 11.8 Å². The lowest BCUT2D eigenvalue weighted by Crippen LogP contribution is -2.24. The van der Waals surface area contributed by atoms with Crippen molar-refractivity contribution in [1.82, 2.24) is 0 Å². The second-order valence-electron chi connectivity index (χ2n) is 10.9. The third-order valence-electron chi connectivity index (χ3n) is 7.02. The van der Waals surface area contributed by atoms with Gasteiger partial charge in [-0.25, -0.2) is 0 Å². The van der Waals surface area contributed by atoms with Crippen LogP contribution in [0.4, 0.5) is 0 Å². The summed E-state index contributed by atoms with van der Waals surface area (Å²) in [4.78, 5) is 57.5. The van der Waals surface area contributed by atoms with Crippen LogP contribution in [0.25, 0.3) is 0 Å². The molecular formula is C36H52O10. The molecular weight excluding hydrogens is 592 g/mol. The molecule has 10 heteroatoms. The van der Waals surface area contributed by atoms with Crippen molar-refractivity contribution in [3.05, 3.63) is 72.9 Å². The van der Waals surface area contributed by atoms with Gasteiger partial charge in [-0.3, -0.25) is 24.0 Å². The average Bonchev–Trinajstić information content (AvgIpc) is 3.01. The fraction of sp³-hybridized carbons (Fsp3) is 0.528. The highest BCUT2D eigenvalue weighted by Crippen LogP contribution is 2.24. The van der Waals surface area contributed by atoms with Crippen LogP contribution >= 0.6 is 0 Å². The molecule has 3 N–H and O–H groups in total. The van der Waals surface area contributed by atoms with Crippen LogP contribution in [0.1, 0.15) is 84.5 Å². The molecule has 0 amide bonds. The zero-order valence-corrected chi connectivity index (χ0v) is 27.2. The molecule has 0 saturated heterocycles. The van der Waals surface area contributed by atoms with Crippen molar-refractivity contribution in [3.63, 3.8) is 0 Å². The highest BCUT2D eigenvalue weighted by atomic mass is 16.5. The highest BCUT2D eigenvalue weighted by molar-refractivity contribution is 5.88. The molecule has 46 heavy (non-hydrogen) atoms. The first kappa shape index (κ1) is 42.1. The Labute approximate surface area is 273 Å². The quantitative estimate of drug-likeness (QED) is 0.0407. The molecule has 5 atom stereocenters. The third kappa shape index (κ3) is 24.4. The molecule has 0 fully saturated rings. The molecule has 0 aromatic heterocycles. The predicted octanol–water partition coefficient (Wildman–Crippen LogP) is 5.55. The molecule has 0 rings (SSSR count). The van der Waals surface area contributed by atoms with Gasteiger partial charge in [0.25, 0.3) is 12.9 Å². The Morgan fingerprint density at radius 3 is 2.09 bits per heavy atom. The predicted molar refractivity (Wildman–Crippen MR) is 177 cm³/mol. The molecule has 0 aromatic carbocycles. The van der Waals surface area contributed by atoms with E-state index in [1.165, 1.54) is 0 Å². The van der Waals surface area contributed by atoms with Crippen molar-refractivity contribution in [1.29, 1.82) is 0 Å². The van der Waals surface area contributed by atoms with Crippen LogP contribution in [0.3, 0.4) is 0 Å². The summed E-state index contributed by atoms with van der Waals surface area (Å²) >= 11 is 0. The number of carboxylic acids is 1. The number of aliphatic hydroxyl groups is 2. The van der Waals surface area contributed by atoms with Crippen LogP contribution in [0.2, 0.25) is 0 Å². The standard InChI is InChI=1S/C36H52O10/c1-3-4-10-16-32(39)17-12-8-6-5-7-11-15-30(34(41)18-13-9-14-19-36(43)44)21-22-31(35(42)24-25-45-27-37)26-33(40)23-20-29(2)46-28-38/h4-13,15,17,27-32,34,39,41H,3,14,16,18-26H2,1-2H3,(H,43,44)/b7-5+,8-6-,10-4-,13-9-,15-11+,17-12+. The first-order chi connectivity index (χ1) is 22.1. The Hall–Kier alpha value is -3.89. The van der Waals surface area contributed by atoms with Crippen molar-refractivity contribution >= 4 is 30.5 Å². The van der Waals surface area contributed by atoms with Gasteiger partial charge in [0.05, 0.1) is 24.9 Å². The average molecular weight is 645 g/mol. The number of ether oxygens (including phenoxy) is 2. The first-order valence-electron chi connectivity index (χ1n) is 15.9. The van der Waals surface area contributed by atoms with Gasteiger partial charge in [0.15, 0.2) is 0 Å². The topological polar surface area (TPSA) is 164 Å².